The van der Waals surface area contributed by atoms with Crippen LogP contribution in [0.25, 0.3) is 0 Å². The molecule has 5 heteroatoms. The van der Waals surface area contributed by atoms with Gasteiger partial charge >= 0.3 is 0 Å². The molecular formula is C21H27NO4. The molecule has 0 aliphatic heterocycles. The van der Waals surface area contributed by atoms with E-state index in [1.807, 2.05) is 63.2 Å². The molecule has 2 aromatic rings. The van der Waals surface area contributed by atoms with Crippen LogP contribution in [0, 0.1) is 0 Å². The van der Waals surface area contributed by atoms with Crippen LogP contribution < -0.4 is 14.8 Å². The third-order valence-electron chi connectivity index (χ3n) is 3.57. The molecule has 5 nitrogen and oxygen atoms in total. The number of carbonyl (C=O) groups is 1. The van der Waals surface area contributed by atoms with Crippen LogP contribution in [0.3, 0.4) is 0 Å². The Balaban J connectivity index is 1.81. The van der Waals surface area contributed by atoms with Gasteiger partial charge in [0, 0.05) is 6.54 Å². The van der Waals surface area contributed by atoms with Crippen molar-refractivity contribution in [3.8, 4) is 11.5 Å². The Morgan fingerprint density at radius 2 is 1.69 bits per heavy atom. The summed E-state index contributed by atoms with van der Waals surface area (Å²) in [5, 5.41) is 2.87. The second-order valence-electron chi connectivity index (χ2n) is 6.12. The number of amides is 1. The summed E-state index contributed by atoms with van der Waals surface area (Å²) in [4.78, 5) is 12.1. The Labute approximate surface area is 155 Å². The van der Waals surface area contributed by atoms with Gasteiger partial charge in [-0.25, -0.2) is 0 Å². The topological polar surface area (TPSA) is 56.8 Å². The van der Waals surface area contributed by atoms with Crippen LogP contribution in [0.5, 0.6) is 11.5 Å². The summed E-state index contributed by atoms with van der Waals surface area (Å²) in [6.07, 6.45) is 0.190. The van der Waals surface area contributed by atoms with Gasteiger partial charge in [-0.05, 0) is 44.0 Å². The first-order chi connectivity index (χ1) is 12.6. The molecule has 0 aliphatic carbocycles. The van der Waals surface area contributed by atoms with Crippen molar-refractivity contribution in [3.05, 3.63) is 59.7 Å². The van der Waals surface area contributed by atoms with E-state index in [9.17, 15) is 4.79 Å². The van der Waals surface area contributed by atoms with E-state index in [0.29, 0.717) is 31.3 Å². The molecule has 0 atom stereocenters. The average Bonchev–Trinajstić information content (AvgIpc) is 2.64. The minimum absolute atomic E-state index is 0.0553. The number of carbonyl (C=O) groups excluding carboxylic acids is 1. The Morgan fingerprint density at radius 3 is 2.38 bits per heavy atom. The Morgan fingerprint density at radius 1 is 1.00 bits per heavy atom. The molecule has 1 amide bonds. The zero-order valence-electron chi connectivity index (χ0n) is 15.7. The van der Waals surface area contributed by atoms with E-state index in [1.165, 1.54) is 0 Å². The maximum Gasteiger partial charge on any atom is 0.258 e. The van der Waals surface area contributed by atoms with Gasteiger partial charge in [0.05, 0.1) is 19.3 Å². The summed E-state index contributed by atoms with van der Waals surface area (Å²) in [5.74, 6) is 1.03. The Bertz CT molecular complexity index is 700. The summed E-state index contributed by atoms with van der Waals surface area (Å²) in [5.41, 5.74) is 2.12. The van der Waals surface area contributed by atoms with Crippen LogP contribution in [0.4, 0.5) is 0 Å². The highest BCUT2D eigenvalue weighted by atomic mass is 16.5. The van der Waals surface area contributed by atoms with Gasteiger partial charge < -0.3 is 19.5 Å². The molecule has 0 aliphatic rings. The average molecular weight is 357 g/mol. The minimum Gasteiger partial charge on any atom is -0.490 e. The third kappa shape index (κ3) is 6.76. The molecule has 0 bridgehead atoms. The van der Waals surface area contributed by atoms with Gasteiger partial charge in [-0.2, -0.15) is 0 Å². The van der Waals surface area contributed by atoms with Crippen LogP contribution in [-0.2, 0) is 22.7 Å². The van der Waals surface area contributed by atoms with Crippen molar-refractivity contribution in [2.45, 2.75) is 40.0 Å². The molecule has 0 aromatic heterocycles. The van der Waals surface area contributed by atoms with Crippen molar-refractivity contribution in [3.63, 3.8) is 0 Å². The van der Waals surface area contributed by atoms with Crippen molar-refractivity contribution in [1.82, 2.24) is 5.32 Å². The van der Waals surface area contributed by atoms with Gasteiger partial charge in [0.15, 0.2) is 18.1 Å². The van der Waals surface area contributed by atoms with Gasteiger partial charge in [-0.15, -0.1) is 0 Å². The predicted molar refractivity (Wildman–Crippen MR) is 101 cm³/mol. The highest BCUT2D eigenvalue weighted by molar-refractivity contribution is 5.77. The summed E-state index contributed by atoms with van der Waals surface area (Å²) in [6.45, 7) is 7.43. The zero-order chi connectivity index (χ0) is 18.8. The standard InChI is InChI=1S/C21H27NO4/c1-4-24-19-10-5-6-11-20(19)26-15-21(23)22-13-17-8-7-9-18(12-17)14-25-16(2)3/h5-12,16H,4,13-15H2,1-3H3,(H,22,23). The van der Waals surface area contributed by atoms with Crippen LogP contribution >= 0.6 is 0 Å². The highest BCUT2D eigenvalue weighted by Gasteiger charge is 2.07. The molecule has 0 radical (unpaired) electrons. The van der Waals surface area contributed by atoms with Crippen LogP contribution in [0.2, 0.25) is 0 Å². The fraction of sp³-hybridized carbons (Fsp3) is 0.381. The second kappa shape index (κ2) is 10.5. The SMILES string of the molecule is CCOc1ccccc1OCC(=O)NCc1cccc(COC(C)C)c1. The third-order valence-corrected chi connectivity index (χ3v) is 3.57. The van der Waals surface area contributed by atoms with Gasteiger partial charge in [-0.1, -0.05) is 36.4 Å². The van der Waals surface area contributed by atoms with Gasteiger partial charge in [0.25, 0.3) is 5.91 Å². The molecule has 140 valence electrons. The van der Waals surface area contributed by atoms with Crippen LogP contribution in [0.15, 0.2) is 48.5 Å². The molecule has 0 fully saturated rings. The van der Waals surface area contributed by atoms with Crippen molar-refractivity contribution in [2.24, 2.45) is 0 Å². The summed E-state index contributed by atoms with van der Waals surface area (Å²) < 4.78 is 16.7. The monoisotopic (exact) mass is 357 g/mol. The summed E-state index contributed by atoms with van der Waals surface area (Å²) in [6, 6.07) is 15.3. The number of rotatable bonds is 10. The number of benzene rings is 2. The van der Waals surface area contributed by atoms with Crippen molar-refractivity contribution < 1.29 is 19.0 Å². The smallest absolute Gasteiger partial charge is 0.258 e. The largest absolute Gasteiger partial charge is 0.490 e. The molecule has 0 heterocycles. The normalized spacial score (nSPS) is 10.6. The fourth-order valence-corrected chi connectivity index (χ4v) is 2.33. The van der Waals surface area contributed by atoms with E-state index < -0.39 is 0 Å². The molecule has 0 unspecified atom stereocenters. The maximum atomic E-state index is 12.1. The van der Waals surface area contributed by atoms with Crippen LogP contribution in [0.1, 0.15) is 31.9 Å². The van der Waals surface area contributed by atoms with Gasteiger partial charge in [0.2, 0.25) is 0 Å². The molecule has 2 rings (SSSR count). The lowest BCUT2D eigenvalue weighted by atomic mass is 10.1. The highest BCUT2D eigenvalue weighted by Crippen LogP contribution is 2.26. The lowest BCUT2D eigenvalue weighted by molar-refractivity contribution is -0.123. The second-order valence-corrected chi connectivity index (χ2v) is 6.12. The van der Waals surface area contributed by atoms with E-state index in [1.54, 1.807) is 6.07 Å². The number of hydrogen-bond acceptors (Lipinski definition) is 4. The molecule has 2 aromatic carbocycles. The van der Waals surface area contributed by atoms with Crippen LogP contribution in [-0.4, -0.2) is 25.2 Å². The van der Waals surface area contributed by atoms with Crippen molar-refractivity contribution in [1.29, 1.82) is 0 Å². The van der Waals surface area contributed by atoms with E-state index >= 15 is 0 Å². The Hall–Kier alpha value is -2.53. The lowest BCUT2D eigenvalue weighted by Crippen LogP contribution is -2.28. The van der Waals surface area contributed by atoms with E-state index in [0.717, 1.165) is 11.1 Å². The molecular weight excluding hydrogens is 330 g/mol. The molecule has 0 saturated carbocycles. The number of ether oxygens (including phenoxy) is 3. The molecule has 1 N–H and O–H groups in total. The first-order valence-electron chi connectivity index (χ1n) is 8.89. The quantitative estimate of drug-likeness (QED) is 0.704. The van der Waals surface area contributed by atoms with Crippen molar-refractivity contribution >= 4 is 5.91 Å². The summed E-state index contributed by atoms with van der Waals surface area (Å²) in [7, 11) is 0. The maximum absolute atomic E-state index is 12.1. The van der Waals surface area contributed by atoms with Crippen molar-refractivity contribution in [2.75, 3.05) is 13.2 Å². The fourth-order valence-electron chi connectivity index (χ4n) is 2.33. The molecule has 26 heavy (non-hydrogen) atoms. The van der Waals surface area contributed by atoms with Gasteiger partial charge in [0.1, 0.15) is 0 Å². The predicted octanol–water partition coefficient (Wildman–Crippen LogP) is 3.71. The first kappa shape index (κ1) is 19.8. The van der Waals surface area contributed by atoms with E-state index in [-0.39, 0.29) is 18.6 Å². The number of hydrogen-bond donors (Lipinski definition) is 1. The number of para-hydroxylation sites is 2. The van der Waals surface area contributed by atoms with E-state index in [4.69, 9.17) is 14.2 Å². The van der Waals surface area contributed by atoms with Gasteiger partial charge in [-0.3, -0.25) is 4.79 Å². The lowest BCUT2D eigenvalue weighted by Gasteiger charge is -2.12. The molecule has 0 spiro atoms. The summed E-state index contributed by atoms with van der Waals surface area (Å²) >= 11 is 0. The zero-order valence-corrected chi connectivity index (χ0v) is 15.7. The van der Waals surface area contributed by atoms with E-state index in [2.05, 4.69) is 5.32 Å². The Kier molecular flexibility index (Phi) is 7.96. The minimum atomic E-state index is -0.180. The first-order valence-corrected chi connectivity index (χ1v) is 8.89. The number of nitrogens with one attached hydrogen (secondary N) is 1. The molecule has 0 saturated heterocycles.